The second kappa shape index (κ2) is 5.49. The molecule has 0 heterocycles. The number of allylic oxidation sites excluding steroid dienone is 3. The minimum Gasteiger partial charge on any atom is -0.500 e. The molecule has 4 heteroatoms. The second-order valence-electron chi connectivity index (χ2n) is 3.59. The van der Waals surface area contributed by atoms with Crippen molar-refractivity contribution in [3.63, 3.8) is 0 Å². The highest BCUT2D eigenvalue weighted by atomic mass is 16.5. The zero-order valence-electron chi connectivity index (χ0n) is 9.73. The van der Waals surface area contributed by atoms with Crippen LogP contribution in [-0.4, -0.2) is 26.0 Å². The Kier molecular flexibility index (Phi) is 4.28. The van der Waals surface area contributed by atoms with Gasteiger partial charge in [0.1, 0.15) is 5.76 Å². The smallest absolute Gasteiger partial charge is 0.306 e. The van der Waals surface area contributed by atoms with Gasteiger partial charge in [0.05, 0.1) is 20.6 Å². The van der Waals surface area contributed by atoms with Crippen molar-refractivity contribution in [2.45, 2.75) is 13.3 Å². The van der Waals surface area contributed by atoms with E-state index in [1.54, 1.807) is 0 Å². The maximum Gasteiger partial charge on any atom is 0.306 e. The molecule has 0 aromatic heterocycles. The number of esters is 1. The SMILES string of the molecule is CC=CC1C(OC)=CC(=O)C1CC(=O)OC. The predicted octanol–water partition coefficient (Wildman–Crippen LogP) is 1.47. The monoisotopic (exact) mass is 224 g/mol. The number of hydrogen-bond donors (Lipinski definition) is 0. The summed E-state index contributed by atoms with van der Waals surface area (Å²) < 4.78 is 9.71. The van der Waals surface area contributed by atoms with Gasteiger partial charge in [0.25, 0.3) is 0 Å². The Morgan fingerprint density at radius 2 is 2.19 bits per heavy atom. The zero-order chi connectivity index (χ0) is 12.1. The molecule has 1 aliphatic carbocycles. The highest BCUT2D eigenvalue weighted by molar-refractivity contribution is 5.97. The first kappa shape index (κ1) is 12.5. The molecule has 0 saturated heterocycles. The van der Waals surface area contributed by atoms with E-state index in [9.17, 15) is 9.59 Å². The Morgan fingerprint density at radius 1 is 1.50 bits per heavy atom. The minimum atomic E-state index is -0.390. The minimum absolute atomic E-state index is 0.0784. The molecule has 0 aromatic rings. The molecule has 0 aliphatic heterocycles. The van der Waals surface area contributed by atoms with Gasteiger partial charge in [-0.25, -0.2) is 0 Å². The van der Waals surface area contributed by atoms with Crippen molar-refractivity contribution in [3.8, 4) is 0 Å². The van der Waals surface area contributed by atoms with E-state index in [1.807, 2.05) is 19.1 Å². The molecule has 0 spiro atoms. The van der Waals surface area contributed by atoms with Gasteiger partial charge in [-0.1, -0.05) is 12.2 Å². The largest absolute Gasteiger partial charge is 0.500 e. The molecule has 2 atom stereocenters. The average Bonchev–Trinajstić information content (AvgIpc) is 2.57. The number of carbonyl (C=O) groups is 2. The summed E-state index contributed by atoms with van der Waals surface area (Å²) in [6, 6.07) is 0. The van der Waals surface area contributed by atoms with Crippen molar-refractivity contribution < 1.29 is 19.1 Å². The lowest BCUT2D eigenvalue weighted by molar-refractivity contribution is -0.143. The lowest BCUT2D eigenvalue weighted by atomic mass is 9.90. The highest BCUT2D eigenvalue weighted by Gasteiger charge is 2.37. The highest BCUT2D eigenvalue weighted by Crippen LogP contribution is 2.33. The summed E-state index contributed by atoms with van der Waals surface area (Å²) >= 11 is 0. The Hall–Kier alpha value is -1.58. The fourth-order valence-electron chi connectivity index (χ4n) is 1.84. The van der Waals surface area contributed by atoms with E-state index in [-0.39, 0.29) is 24.1 Å². The standard InChI is InChI=1S/C12H16O4/c1-4-5-8-9(6-12(14)16-3)10(13)7-11(8)15-2/h4-5,7-9H,6H2,1-3H3. The van der Waals surface area contributed by atoms with Gasteiger partial charge in [0.15, 0.2) is 5.78 Å². The average molecular weight is 224 g/mol. The van der Waals surface area contributed by atoms with Gasteiger partial charge >= 0.3 is 5.97 Å². The maximum atomic E-state index is 11.7. The first-order chi connectivity index (χ1) is 7.63. The number of carbonyl (C=O) groups excluding carboxylic acids is 2. The topological polar surface area (TPSA) is 52.6 Å². The summed E-state index contributed by atoms with van der Waals surface area (Å²) in [5.74, 6) is -0.388. The summed E-state index contributed by atoms with van der Waals surface area (Å²) in [5.41, 5.74) is 0. The number of methoxy groups -OCH3 is 2. The van der Waals surface area contributed by atoms with Crippen LogP contribution < -0.4 is 0 Å². The van der Waals surface area contributed by atoms with Gasteiger partial charge in [-0.3, -0.25) is 9.59 Å². The summed E-state index contributed by atoms with van der Waals surface area (Å²) in [5, 5.41) is 0. The van der Waals surface area contributed by atoms with E-state index in [2.05, 4.69) is 4.74 Å². The molecule has 0 amide bonds. The van der Waals surface area contributed by atoms with Gasteiger partial charge in [0.2, 0.25) is 0 Å². The van der Waals surface area contributed by atoms with Crippen LogP contribution >= 0.6 is 0 Å². The van der Waals surface area contributed by atoms with Crippen molar-refractivity contribution in [2.24, 2.45) is 11.8 Å². The first-order valence-corrected chi connectivity index (χ1v) is 5.13. The quantitative estimate of drug-likeness (QED) is 0.536. The fourth-order valence-corrected chi connectivity index (χ4v) is 1.84. The van der Waals surface area contributed by atoms with E-state index < -0.39 is 5.92 Å². The van der Waals surface area contributed by atoms with Crippen molar-refractivity contribution in [1.29, 1.82) is 0 Å². The van der Waals surface area contributed by atoms with Gasteiger partial charge in [-0.05, 0) is 6.92 Å². The summed E-state index contributed by atoms with van der Waals surface area (Å²) in [7, 11) is 2.84. The Labute approximate surface area is 94.9 Å². The van der Waals surface area contributed by atoms with Crippen molar-refractivity contribution in [1.82, 2.24) is 0 Å². The van der Waals surface area contributed by atoms with Crippen molar-refractivity contribution in [2.75, 3.05) is 14.2 Å². The van der Waals surface area contributed by atoms with Crippen LogP contribution in [0.5, 0.6) is 0 Å². The predicted molar refractivity (Wildman–Crippen MR) is 58.5 cm³/mol. The molecule has 4 nitrogen and oxygen atoms in total. The van der Waals surface area contributed by atoms with Gasteiger partial charge in [0, 0.05) is 17.9 Å². The molecule has 88 valence electrons. The van der Waals surface area contributed by atoms with Gasteiger partial charge < -0.3 is 9.47 Å². The Bertz CT molecular complexity index is 341. The van der Waals surface area contributed by atoms with Crippen LogP contribution in [0.4, 0.5) is 0 Å². The zero-order valence-corrected chi connectivity index (χ0v) is 9.73. The molecule has 0 aromatic carbocycles. The Morgan fingerprint density at radius 3 is 2.69 bits per heavy atom. The van der Waals surface area contributed by atoms with Crippen molar-refractivity contribution in [3.05, 3.63) is 24.0 Å². The molecule has 0 fully saturated rings. The molecule has 16 heavy (non-hydrogen) atoms. The number of ether oxygens (including phenoxy) is 2. The third kappa shape index (κ3) is 2.51. The summed E-state index contributed by atoms with van der Waals surface area (Å²) in [4.78, 5) is 22.9. The van der Waals surface area contributed by atoms with Crippen LogP contribution in [0.15, 0.2) is 24.0 Å². The third-order valence-electron chi connectivity index (χ3n) is 2.66. The third-order valence-corrected chi connectivity index (χ3v) is 2.66. The van der Waals surface area contributed by atoms with E-state index in [4.69, 9.17) is 4.74 Å². The molecule has 0 N–H and O–H groups in total. The maximum absolute atomic E-state index is 11.7. The molecule has 1 rings (SSSR count). The summed E-state index contributed by atoms with van der Waals surface area (Å²) in [6.07, 6.45) is 5.26. The Balaban J connectivity index is 2.84. The molecular formula is C12H16O4. The van der Waals surface area contributed by atoms with Gasteiger partial charge in [-0.15, -0.1) is 0 Å². The van der Waals surface area contributed by atoms with E-state index >= 15 is 0 Å². The molecule has 0 bridgehead atoms. The molecule has 2 unspecified atom stereocenters. The van der Waals surface area contributed by atoms with E-state index in [0.29, 0.717) is 5.76 Å². The molecule has 0 radical (unpaired) electrons. The van der Waals surface area contributed by atoms with Crippen molar-refractivity contribution >= 4 is 11.8 Å². The van der Waals surface area contributed by atoms with E-state index in [0.717, 1.165) is 0 Å². The lowest BCUT2D eigenvalue weighted by Crippen LogP contribution is -2.20. The normalized spacial score (nSPS) is 24.7. The van der Waals surface area contributed by atoms with Crippen LogP contribution in [0, 0.1) is 11.8 Å². The summed E-state index contributed by atoms with van der Waals surface area (Å²) in [6.45, 7) is 1.87. The number of hydrogen-bond acceptors (Lipinski definition) is 4. The molecular weight excluding hydrogens is 208 g/mol. The number of ketones is 1. The van der Waals surface area contributed by atoms with E-state index in [1.165, 1.54) is 20.3 Å². The van der Waals surface area contributed by atoms with Gasteiger partial charge in [-0.2, -0.15) is 0 Å². The van der Waals surface area contributed by atoms with Crippen LogP contribution in [0.25, 0.3) is 0 Å². The van der Waals surface area contributed by atoms with Crippen LogP contribution in [0.1, 0.15) is 13.3 Å². The second-order valence-corrected chi connectivity index (χ2v) is 3.59. The van der Waals surface area contributed by atoms with Crippen LogP contribution in [0.2, 0.25) is 0 Å². The molecule has 1 aliphatic rings. The lowest BCUT2D eigenvalue weighted by Gasteiger charge is -2.16. The first-order valence-electron chi connectivity index (χ1n) is 5.13. The van der Waals surface area contributed by atoms with Crippen LogP contribution in [0.3, 0.4) is 0 Å². The molecule has 0 saturated carbocycles. The number of rotatable bonds is 4. The van der Waals surface area contributed by atoms with Crippen LogP contribution in [-0.2, 0) is 19.1 Å². The fraction of sp³-hybridized carbons (Fsp3) is 0.500.